The van der Waals surface area contributed by atoms with Crippen LogP contribution in [0.3, 0.4) is 0 Å². The van der Waals surface area contributed by atoms with E-state index in [9.17, 15) is 9.18 Å². The molecule has 34 heavy (non-hydrogen) atoms. The first-order chi connectivity index (χ1) is 16.5. The minimum atomic E-state index is -0.291. The zero-order valence-corrected chi connectivity index (χ0v) is 20.9. The molecule has 4 rings (SSSR count). The lowest BCUT2D eigenvalue weighted by molar-refractivity contribution is 0.102. The van der Waals surface area contributed by atoms with Gasteiger partial charge in [0.2, 0.25) is 0 Å². The number of hydrogen-bond donors (Lipinski definition) is 2. The van der Waals surface area contributed by atoms with Crippen molar-refractivity contribution in [2.24, 2.45) is 0 Å². The number of halogens is 1. The second-order valence-corrected chi connectivity index (χ2v) is 9.70. The van der Waals surface area contributed by atoms with E-state index in [0.29, 0.717) is 17.3 Å². The van der Waals surface area contributed by atoms with Gasteiger partial charge in [-0.3, -0.25) is 4.79 Å². The predicted molar refractivity (Wildman–Crippen MR) is 141 cm³/mol. The van der Waals surface area contributed by atoms with E-state index in [-0.39, 0.29) is 11.7 Å². The number of nitrogens with one attached hydrogen (secondary N) is 2. The van der Waals surface area contributed by atoms with E-state index < -0.39 is 0 Å². The highest BCUT2D eigenvalue weighted by Crippen LogP contribution is 2.32. The summed E-state index contributed by atoms with van der Waals surface area (Å²) in [4.78, 5) is 19.8. The number of anilines is 1. The number of nitrogens with zero attached hydrogens (tertiary/aromatic N) is 2. The van der Waals surface area contributed by atoms with E-state index in [1.807, 2.05) is 29.6 Å². The second-order valence-electron chi connectivity index (χ2n) is 8.42. The minimum absolute atomic E-state index is 0.240. The molecule has 1 aliphatic rings. The van der Waals surface area contributed by atoms with Crippen molar-refractivity contribution in [3.63, 3.8) is 0 Å². The first-order valence-corrected chi connectivity index (χ1v) is 13.0. The predicted octanol–water partition coefficient (Wildman–Crippen LogP) is 6.06. The molecule has 1 amide bonds. The average molecular weight is 497 g/mol. The first-order valence-electron chi connectivity index (χ1n) is 11.7. The number of para-hydroxylation sites is 1. The zero-order valence-electron chi connectivity index (χ0n) is 19.2. The molecule has 0 spiro atoms. The van der Waals surface area contributed by atoms with Gasteiger partial charge in [0.15, 0.2) is 5.11 Å². The molecule has 5 nitrogen and oxygen atoms in total. The van der Waals surface area contributed by atoms with E-state index in [2.05, 4.69) is 27.4 Å². The summed E-state index contributed by atoms with van der Waals surface area (Å²) in [6.07, 6.45) is 4.21. The SMILES string of the molecule is CCCCNC(=S)N1CCC(c2nc(C(=O)Nc3ccccc3-c3ccc(F)cc3)cs2)CC1. The van der Waals surface area contributed by atoms with Gasteiger partial charge >= 0.3 is 0 Å². The van der Waals surface area contributed by atoms with Crippen molar-refractivity contribution >= 4 is 40.3 Å². The third kappa shape index (κ3) is 5.98. The van der Waals surface area contributed by atoms with Crippen molar-refractivity contribution in [3.8, 4) is 11.1 Å². The lowest BCUT2D eigenvalue weighted by Crippen LogP contribution is -2.44. The van der Waals surface area contributed by atoms with Crippen LogP contribution in [0.1, 0.15) is 54.0 Å². The fourth-order valence-electron chi connectivity index (χ4n) is 4.05. The van der Waals surface area contributed by atoms with Crippen LogP contribution in [0.25, 0.3) is 11.1 Å². The quantitative estimate of drug-likeness (QED) is 0.308. The van der Waals surface area contributed by atoms with Crippen LogP contribution in [0.5, 0.6) is 0 Å². The summed E-state index contributed by atoms with van der Waals surface area (Å²) in [6, 6.07) is 13.8. The van der Waals surface area contributed by atoms with Gasteiger partial charge in [0.25, 0.3) is 5.91 Å². The molecule has 0 atom stereocenters. The highest BCUT2D eigenvalue weighted by Gasteiger charge is 2.25. The van der Waals surface area contributed by atoms with Crippen molar-refractivity contribution in [2.75, 3.05) is 25.0 Å². The maximum absolute atomic E-state index is 13.3. The maximum atomic E-state index is 13.3. The van der Waals surface area contributed by atoms with Gasteiger partial charge in [0, 0.05) is 42.2 Å². The summed E-state index contributed by atoms with van der Waals surface area (Å²) in [5, 5.41) is 9.99. The smallest absolute Gasteiger partial charge is 0.275 e. The average Bonchev–Trinajstić information content (AvgIpc) is 3.36. The Bertz CT molecular complexity index is 1120. The van der Waals surface area contributed by atoms with Gasteiger partial charge in [-0.25, -0.2) is 9.37 Å². The maximum Gasteiger partial charge on any atom is 0.275 e. The van der Waals surface area contributed by atoms with Crippen LogP contribution in [0, 0.1) is 5.82 Å². The Hall–Kier alpha value is -2.84. The normalized spacial score (nSPS) is 14.1. The summed E-state index contributed by atoms with van der Waals surface area (Å²) in [5.74, 6) is -0.191. The number of piperidine rings is 1. The van der Waals surface area contributed by atoms with Gasteiger partial charge in [0.1, 0.15) is 11.5 Å². The molecule has 0 bridgehead atoms. The molecule has 0 radical (unpaired) electrons. The lowest BCUT2D eigenvalue weighted by atomic mass is 9.98. The molecule has 0 aliphatic carbocycles. The Morgan fingerprint density at radius 3 is 2.65 bits per heavy atom. The van der Waals surface area contributed by atoms with Crippen LogP contribution >= 0.6 is 23.6 Å². The van der Waals surface area contributed by atoms with Gasteiger partial charge in [-0.15, -0.1) is 11.3 Å². The number of aromatic nitrogens is 1. The number of unbranched alkanes of at least 4 members (excludes halogenated alkanes) is 1. The van der Waals surface area contributed by atoms with Crippen molar-refractivity contribution in [1.82, 2.24) is 15.2 Å². The van der Waals surface area contributed by atoms with Crippen molar-refractivity contribution in [1.29, 1.82) is 0 Å². The number of benzene rings is 2. The number of hydrogen-bond acceptors (Lipinski definition) is 4. The molecule has 1 aromatic heterocycles. The van der Waals surface area contributed by atoms with Gasteiger partial charge in [-0.2, -0.15) is 0 Å². The summed E-state index contributed by atoms with van der Waals surface area (Å²) >= 11 is 7.07. The molecule has 2 N–H and O–H groups in total. The highest BCUT2D eigenvalue weighted by atomic mass is 32.1. The van der Waals surface area contributed by atoms with Crippen LogP contribution in [-0.2, 0) is 0 Å². The van der Waals surface area contributed by atoms with E-state index in [0.717, 1.165) is 66.6 Å². The third-order valence-electron chi connectivity index (χ3n) is 6.02. The van der Waals surface area contributed by atoms with E-state index in [1.54, 1.807) is 23.5 Å². The Balaban J connectivity index is 1.37. The molecule has 1 fully saturated rings. The Kier molecular flexibility index (Phi) is 8.24. The molecule has 8 heteroatoms. The largest absolute Gasteiger partial charge is 0.363 e. The number of rotatable bonds is 7. The third-order valence-corrected chi connectivity index (χ3v) is 7.43. The standard InChI is InChI=1S/C26H29FN4OS2/c1-2-3-14-28-26(33)31-15-12-19(13-16-31)25-30-23(17-34-25)24(32)29-22-7-5-4-6-21(22)18-8-10-20(27)11-9-18/h4-11,17,19H,2-3,12-16H2,1H3,(H,28,33)(H,29,32). The fraction of sp³-hybridized carbons (Fsp3) is 0.346. The van der Waals surface area contributed by atoms with E-state index >= 15 is 0 Å². The van der Waals surface area contributed by atoms with Gasteiger partial charge < -0.3 is 15.5 Å². The van der Waals surface area contributed by atoms with Gasteiger partial charge in [-0.1, -0.05) is 43.7 Å². The molecule has 2 aromatic carbocycles. The molecule has 1 aliphatic heterocycles. The zero-order chi connectivity index (χ0) is 23.9. The molecular formula is C26H29FN4OS2. The van der Waals surface area contributed by atoms with Gasteiger partial charge in [0.05, 0.1) is 5.01 Å². The van der Waals surface area contributed by atoms with E-state index in [1.165, 1.54) is 12.1 Å². The highest BCUT2D eigenvalue weighted by molar-refractivity contribution is 7.80. The molecule has 0 unspecified atom stereocenters. The van der Waals surface area contributed by atoms with Crippen molar-refractivity contribution < 1.29 is 9.18 Å². The van der Waals surface area contributed by atoms with Crippen molar-refractivity contribution in [3.05, 3.63) is 70.4 Å². The summed E-state index contributed by atoms with van der Waals surface area (Å²) < 4.78 is 13.3. The summed E-state index contributed by atoms with van der Waals surface area (Å²) in [6.45, 7) is 4.89. The number of amides is 1. The number of thiazole rings is 1. The lowest BCUT2D eigenvalue weighted by Gasteiger charge is -2.33. The molecule has 2 heterocycles. The van der Waals surface area contributed by atoms with E-state index in [4.69, 9.17) is 12.2 Å². The molecule has 1 saturated heterocycles. The molecule has 3 aromatic rings. The molecule has 0 saturated carbocycles. The van der Waals surface area contributed by atoms with Crippen LogP contribution < -0.4 is 10.6 Å². The molecular weight excluding hydrogens is 467 g/mol. The topological polar surface area (TPSA) is 57.3 Å². The summed E-state index contributed by atoms with van der Waals surface area (Å²) in [7, 11) is 0. The van der Waals surface area contributed by atoms with Gasteiger partial charge in [-0.05, 0) is 55.2 Å². The van der Waals surface area contributed by atoms with Crippen molar-refractivity contribution in [2.45, 2.75) is 38.5 Å². The monoisotopic (exact) mass is 496 g/mol. The second kappa shape index (κ2) is 11.5. The number of thiocarbonyl (C=S) groups is 1. The van der Waals surface area contributed by atoms with Crippen LogP contribution in [0.4, 0.5) is 10.1 Å². The number of carbonyl (C=O) groups is 1. The number of likely N-dealkylation sites (tertiary alicyclic amines) is 1. The van der Waals surface area contributed by atoms with Crippen LogP contribution in [-0.4, -0.2) is 40.5 Å². The Morgan fingerprint density at radius 1 is 1.18 bits per heavy atom. The first kappa shape index (κ1) is 24.3. The minimum Gasteiger partial charge on any atom is -0.363 e. The van der Waals surface area contributed by atoms with Crippen LogP contribution in [0.2, 0.25) is 0 Å². The summed E-state index contributed by atoms with van der Waals surface area (Å²) in [5.41, 5.74) is 2.77. The fourth-order valence-corrected chi connectivity index (χ4v) is 5.31. The number of carbonyl (C=O) groups excluding carboxylic acids is 1. The molecule has 178 valence electrons. The van der Waals surface area contributed by atoms with Crippen LogP contribution in [0.15, 0.2) is 53.9 Å². The Morgan fingerprint density at radius 2 is 1.91 bits per heavy atom. The Labute approximate surface area is 209 Å².